The van der Waals surface area contributed by atoms with Crippen LogP contribution in [0.15, 0.2) is 59.5 Å². The number of ether oxygens (including phenoxy) is 2. The predicted molar refractivity (Wildman–Crippen MR) is 118 cm³/mol. The maximum absolute atomic E-state index is 12.4. The quantitative estimate of drug-likeness (QED) is 0.595. The molecule has 1 aliphatic heterocycles. The molecule has 0 saturated carbocycles. The number of hydrogen-bond acceptors (Lipinski definition) is 6. The zero-order valence-electron chi connectivity index (χ0n) is 17.7. The molecule has 0 radical (unpaired) electrons. The third-order valence-corrected chi connectivity index (χ3v) is 6.62. The predicted octanol–water partition coefficient (Wildman–Crippen LogP) is 1.59. The van der Waals surface area contributed by atoms with E-state index >= 15 is 0 Å². The summed E-state index contributed by atoms with van der Waals surface area (Å²) in [6, 6.07) is 15.8. The normalized spacial score (nSPS) is 14.9. The Hall–Kier alpha value is -2.62. The summed E-state index contributed by atoms with van der Waals surface area (Å²) in [5, 5.41) is 0. The van der Waals surface area contributed by atoms with Crippen LogP contribution in [0.2, 0.25) is 0 Å². The van der Waals surface area contributed by atoms with Crippen LogP contribution in [0.5, 0.6) is 11.5 Å². The van der Waals surface area contributed by atoms with Crippen molar-refractivity contribution in [2.45, 2.75) is 11.3 Å². The van der Waals surface area contributed by atoms with Crippen molar-refractivity contribution in [3.8, 4) is 11.5 Å². The standard InChI is InChI=1S/C22H29N3O5S/c1-29-19-7-9-21(10-8-19)31(27,28)23-12-11-22(26)25-15-13-24(14-16-25)17-18-30-20-5-3-2-4-6-20/h2-10,23H,11-18H2,1H3. The molecule has 168 valence electrons. The van der Waals surface area contributed by atoms with E-state index in [1.54, 1.807) is 17.0 Å². The van der Waals surface area contributed by atoms with Gasteiger partial charge < -0.3 is 14.4 Å². The lowest BCUT2D eigenvalue weighted by Crippen LogP contribution is -2.50. The molecule has 0 unspecified atom stereocenters. The Kier molecular flexibility index (Phi) is 8.27. The molecule has 0 bridgehead atoms. The first-order chi connectivity index (χ1) is 15.0. The number of piperazine rings is 1. The maximum atomic E-state index is 12.4. The lowest BCUT2D eigenvalue weighted by molar-refractivity contribution is -0.132. The summed E-state index contributed by atoms with van der Waals surface area (Å²) in [7, 11) is -2.13. The molecule has 1 heterocycles. The van der Waals surface area contributed by atoms with Crippen LogP contribution in [0.25, 0.3) is 0 Å². The van der Waals surface area contributed by atoms with Gasteiger partial charge in [-0.2, -0.15) is 0 Å². The minimum Gasteiger partial charge on any atom is -0.497 e. The van der Waals surface area contributed by atoms with E-state index in [2.05, 4.69) is 9.62 Å². The average molecular weight is 448 g/mol. The highest BCUT2D eigenvalue weighted by molar-refractivity contribution is 7.89. The Labute approximate surface area is 183 Å². The topological polar surface area (TPSA) is 88.2 Å². The highest BCUT2D eigenvalue weighted by atomic mass is 32.2. The lowest BCUT2D eigenvalue weighted by Gasteiger charge is -2.34. The summed E-state index contributed by atoms with van der Waals surface area (Å²) >= 11 is 0. The van der Waals surface area contributed by atoms with Crippen LogP contribution < -0.4 is 14.2 Å². The second-order valence-corrected chi connectivity index (χ2v) is 8.97. The van der Waals surface area contributed by atoms with E-state index in [0.29, 0.717) is 25.4 Å². The highest BCUT2D eigenvalue weighted by Crippen LogP contribution is 2.15. The van der Waals surface area contributed by atoms with Crippen molar-refractivity contribution >= 4 is 15.9 Å². The van der Waals surface area contributed by atoms with E-state index in [-0.39, 0.29) is 23.8 Å². The molecule has 31 heavy (non-hydrogen) atoms. The number of amides is 1. The SMILES string of the molecule is COc1ccc(S(=O)(=O)NCCC(=O)N2CCN(CCOc3ccccc3)CC2)cc1. The number of nitrogens with one attached hydrogen (secondary N) is 1. The monoisotopic (exact) mass is 447 g/mol. The molecule has 2 aromatic rings. The summed E-state index contributed by atoms with van der Waals surface area (Å²) in [4.78, 5) is 16.6. The summed E-state index contributed by atoms with van der Waals surface area (Å²) in [6.07, 6.45) is 0.131. The zero-order chi connectivity index (χ0) is 22.1. The molecule has 9 heteroatoms. The van der Waals surface area contributed by atoms with Crippen LogP contribution in [0, 0.1) is 0 Å². The number of hydrogen-bond donors (Lipinski definition) is 1. The van der Waals surface area contributed by atoms with E-state index in [1.165, 1.54) is 19.2 Å². The molecule has 1 N–H and O–H groups in total. The zero-order valence-corrected chi connectivity index (χ0v) is 18.5. The fourth-order valence-corrected chi connectivity index (χ4v) is 4.35. The van der Waals surface area contributed by atoms with Gasteiger partial charge >= 0.3 is 0 Å². The van der Waals surface area contributed by atoms with Gasteiger partial charge in [-0.15, -0.1) is 0 Å². The minimum absolute atomic E-state index is 0.0439. The lowest BCUT2D eigenvalue weighted by atomic mass is 10.2. The fraction of sp³-hybridized carbons (Fsp3) is 0.409. The van der Waals surface area contributed by atoms with E-state index in [1.807, 2.05) is 30.3 Å². The third kappa shape index (κ3) is 6.95. The van der Waals surface area contributed by atoms with Crippen molar-refractivity contribution in [1.29, 1.82) is 0 Å². The van der Waals surface area contributed by atoms with E-state index in [4.69, 9.17) is 9.47 Å². The van der Waals surface area contributed by atoms with Crippen LogP contribution >= 0.6 is 0 Å². The molecule has 0 atom stereocenters. The number of methoxy groups -OCH3 is 1. The Morgan fingerprint density at radius 3 is 2.29 bits per heavy atom. The Morgan fingerprint density at radius 1 is 0.968 bits per heavy atom. The molecular formula is C22H29N3O5S. The number of nitrogens with zero attached hydrogens (tertiary/aromatic N) is 2. The van der Waals surface area contributed by atoms with E-state index < -0.39 is 10.0 Å². The highest BCUT2D eigenvalue weighted by Gasteiger charge is 2.21. The van der Waals surface area contributed by atoms with Gasteiger partial charge in [0, 0.05) is 45.7 Å². The van der Waals surface area contributed by atoms with E-state index in [0.717, 1.165) is 25.4 Å². The number of carbonyl (C=O) groups excluding carboxylic acids is 1. The Balaban J connectivity index is 1.35. The number of benzene rings is 2. The van der Waals surface area contributed by atoms with Gasteiger partial charge in [-0.05, 0) is 36.4 Å². The van der Waals surface area contributed by atoms with Gasteiger partial charge in [0.05, 0.1) is 12.0 Å². The van der Waals surface area contributed by atoms with Crippen LogP contribution in [0.3, 0.4) is 0 Å². The molecular weight excluding hydrogens is 418 g/mol. The first-order valence-corrected chi connectivity index (χ1v) is 11.8. The van der Waals surface area contributed by atoms with Crippen LogP contribution in [0.1, 0.15) is 6.42 Å². The Bertz CT molecular complexity index is 927. The van der Waals surface area contributed by atoms with Gasteiger partial charge in [-0.1, -0.05) is 18.2 Å². The van der Waals surface area contributed by atoms with Crippen LogP contribution in [-0.2, 0) is 14.8 Å². The molecule has 3 rings (SSSR count). The Morgan fingerprint density at radius 2 is 1.65 bits per heavy atom. The molecule has 8 nitrogen and oxygen atoms in total. The van der Waals surface area contributed by atoms with Crippen molar-refractivity contribution in [2.24, 2.45) is 0 Å². The van der Waals surface area contributed by atoms with Gasteiger partial charge in [0.1, 0.15) is 18.1 Å². The van der Waals surface area contributed by atoms with Gasteiger partial charge in [0.25, 0.3) is 0 Å². The molecule has 1 amide bonds. The van der Waals surface area contributed by atoms with Crippen molar-refractivity contribution in [3.05, 3.63) is 54.6 Å². The average Bonchev–Trinajstić information content (AvgIpc) is 2.80. The molecule has 0 aromatic heterocycles. The number of rotatable bonds is 10. The number of sulfonamides is 1. The van der Waals surface area contributed by atoms with E-state index in [9.17, 15) is 13.2 Å². The van der Waals surface area contributed by atoms with Gasteiger partial charge in [0.15, 0.2) is 0 Å². The molecule has 0 aliphatic carbocycles. The van der Waals surface area contributed by atoms with Gasteiger partial charge in [0.2, 0.25) is 15.9 Å². The fourth-order valence-electron chi connectivity index (χ4n) is 3.32. The maximum Gasteiger partial charge on any atom is 0.240 e. The molecule has 1 aliphatic rings. The third-order valence-electron chi connectivity index (χ3n) is 5.15. The molecule has 2 aromatic carbocycles. The second kappa shape index (κ2) is 11.1. The molecule has 1 saturated heterocycles. The van der Waals surface area contributed by atoms with Crippen molar-refractivity contribution < 1.29 is 22.7 Å². The summed E-state index contributed by atoms with van der Waals surface area (Å²) in [6.45, 7) is 4.30. The minimum atomic E-state index is -3.65. The smallest absolute Gasteiger partial charge is 0.240 e. The summed E-state index contributed by atoms with van der Waals surface area (Å²) in [5.74, 6) is 1.39. The van der Waals surface area contributed by atoms with Crippen molar-refractivity contribution in [1.82, 2.24) is 14.5 Å². The molecule has 1 fully saturated rings. The first kappa shape index (κ1) is 23.1. The molecule has 0 spiro atoms. The second-order valence-electron chi connectivity index (χ2n) is 7.21. The van der Waals surface area contributed by atoms with Crippen LogP contribution in [0.4, 0.5) is 0 Å². The summed E-state index contributed by atoms with van der Waals surface area (Å²) in [5.41, 5.74) is 0. The number of carbonyl (C=O) groups is 1. The van der Waals surface area contributed by atoms with Gasteiger partial charge in [-0.3, -0.25) is 9.69 Å². The van der Waals surface area contributed by atoms with Crippen molar-refractivity contribution in [2.75, 3.05) is 53.0 Å². The number of para-hydroxylation sites is 1. The largest absolute Gasteiger partial charge is 0.497 e. The van der Waals surface area contributed by atoms with Crippen molar-refractivity contribution in [3.63, 3.8) is 0 Å². The van der Waals surface area contributed by atoms with Gasteiger partial charge in [-0.25, -0.2) is 13.1 Å². The van der Waals surface area contributed by atoms with Crippen LogP contribution in [-0.4, -0.2) is 77.1 Å². The first-order valence-electron chi connectivity index (χ1n) is 10.3. The summed E-state index contributed by atoms with van der Waals surface area (Å²) < 4.78 is 37.9.